The van der Waals surface area contributed by atoms with Crippen molar-refractivity contribution in [3.63, 3.8) is 0 Å². The summed E-state index contributed by atoms with van der Waals surface area (Å²) in [5.74, 6) is -1.68. The van der Waals surface area contributed by atoms with Crippen molar-refractivity contribution in [2.45, 2.75) is 12.6 Å². The van der Waals surface area contributed by atoms with E-state index in [4.69, 9.17) is 18.0 Å². The minimum atomic E-state index is -4.90. The van der Waals surface area contributed by atoms with Crippen LogP contribution in [-0.4, -0.2) is 48.3 Å². The Bertz CT molecular complexity index is 1050. The van der Waals surface area contributed by atoms with Crippen LogP contribution in [0.1, 0.15) is 6.42 Å². The molecule has 0 fully saturated rings. The standard InChI is InChI=1S/C16H14ClF3N4O4S/c1-2-6-23(14(25)5-8-29(27,28)11-16(18,19)20)13-10-24(21-15(13)17)12-4-3-7-22(26)9-12/h1,3-4,7,9-10H,5-6,8,11H2. The first kappa shape index (κ1) is 22.5. The highest BCUT2D eigenvalue weighted by atomic mass is 35.5. The van der Waals surface area contributed by atoms with Crippen LogP contribution in [0.2, 0.25) is 5.15 Å². The van der Waals surface area contributed by atoms with E-state index < -0.39 is 39.8 Å². The first-order valence-corrected chi connectivity index (χ1v) is 10.1. The molecule has 0 atom stereocenters. The number of sulfone groups is 1. The quantitative estimate of drug-likeness (QED) is 0.361. The lowest BCUT2D eigenvalue weighted by molar-refractivity contribution is -0.605. The molecule has 0 aliphatic rings. The molecule has 2 aromatic rings. The maximum atomic E-state index is 12.4. The molecule has 0 saturated carbocycles. The van der Waals surface area contributed by atoms with Crippen molar-refractivity contribution in [2.75, 3.05) is 23.0 Å². The second-order valence-corrected chi connectivity index (χ2v) is 8.36. The van der Waals surface area contributed by atoms with E-state index >= 15 is 0 Å². The molecular weight excluding hydrogens is 437 g/mol. The molecule has 2 heterocycles. The second kappa shape index (κ2) is 8.71. The fraction of sp³-hybridized carbons (Fsp3) is 0.312. The van der Waals surface area contributed by atoms with Crippen molar-refractivity contribution in [1.29, 1.82) is 0 Å². The zero-order valence-electron chi connectivity index (χ0n) is 14.6. The van der Waals surface area contributed by atoms with Crippen LogP contribution in [0.3, 0.4) is 0 Å². The summed E-state index contributed by atoms with van der Waals surface area (Å²) in [5, 5.41) is 15.2. The van der Waals surface area contributed by atoms with Gasteiger partial charge in [0.2, 0.25) is 12.1 Å². The number of alkyl halides is 3. The number of anilines is 1. The third-order valence-electron chi connectivity index (χ3n) is 3.53. The number of nitrogens with zero attached hydrogens (tertiary/aromatic N) is 4. The fourth-order valence-corrected chi connectivity index (χ4v) is 3.69. The summed E-state index contributed by atoms with van der Waals surface area (Å²) < 4.78 is 61.7. The Labute approximate surface area is 169 Å². The predicted octanol–water partition coefficient (Wildman–Crippen LogP) is 1.49. The highest BCUT2D eigenvalue weighted by molar-refractivity contribution is 7.91. The number of aromatic nitrogens is 3. The SMILES string of the molecule is C#CCN(C(=O)CCS(=O)(=O)CC(F)(F)F)c1cn(-c2ccc[n+]([O-])c2)nc1Cl. The van der Waals surface area contributed by atoms with Gasteiger partial charge < -0.3 is 5.21 Å². The van der Waals surface area contributed by atoms with E-state index in [1.165, 1.54) is 29.3 Å². The number of hydrogen-bond donors (Lipinski definition) is 0. The molecule has 0 radical (unpaired) electrons. The summed E-state index contributed by atoms with van der Waals surface area (Å²) in [5.41, 5.74) is 0.334. The normalized spacial score (nSPS) is 11.8. The van der Waals surface area contributed by atoms with Gasteiger partial charge in [0, 0.05) is 12.5 Å². The van der Waals surface area contributed by atoms with Gasteiger partial charge in [0.25, 0.3) is 0 Å². The molecule has 0 bridgehead atoms. The van der Waals surface area contributed by atoms with E-state index in [-0.39, 0.29) is 17.4 Å². The minimum absolute atomic E-state index is 0.0177. The molecule has 29 heavy (non-hydrogen) atoms. The Morgan fingerprint density at radius 1 is 1.45 bits per heavy atom. The van der Waals surface area contributed by atoms with Gasteiger partial charge >= 0.3 is 6.18 Å². The second-order valence-electron chi connectivity index (χ2n) is 5.81. The molecule has 2 rings (SSSR count). The molecule has 0 aliphatic heterocycles. The minimum Gasteiger partial charge on any atom is -0.619 e. The number of pyridine rings is 1. The molecule has 0 aromatic carbocycles. The van der Waals surface area contributed by atoms with Gasteiger partial charge in [-0.25, -0.2) is 13.1 Å². The Balaban J connectivity index is 2.23. The summed E-state index contributed by atoms with van der Waals surface area (Å²) in [6, 6.07) is 2.99. The molecule has 0 N–H and O–H groups in total. The summed E-state index contributed by atoms with van der Waals surface area (Å²) in [7, 11) is -4.53. The Kier molecular flexibility index (Phi) is 6.76. The number of rotatable bonds is 7. The average Bonchev–Trinajstić information content (AvgIpc) is 2.97. The molecule has 8 nitrogen and oxygen atoms in total. The van der Waals surface area contributed by atoms with Gasteiger partial charge in [0.15, 0.2) is 21.2 Å². The summed E-state index contributed by atoms with van der Waals surface area (Å²) in [6.07, 6.45) is 3.31. The molecule has 0 unspecified atom stereocenters. The molecule has 0 aliphatic carbocycles. The molecule has 13 heteroatoms. The first-order valence-electron chi connectivity index (χ1n) is 7.87. The van der Waals surface area contributed by atoms with E-state index in [2.05, 4.69) is 11.0 Å². The van der Waals surface area contributed by atoms with Gasteiger partial charge in [-0.05, 0) is 6.07 Å². The Hall–Kier alpha value is -2.78. The van der Waals surface area contributed by atoms with Crippen LogP contribution in [0.15, 0.2) is 30.7 Å². The van der Waals surface area contributed by atoms with Crippen molar-refractivity contribution in [1.82, 2.24) is 9.78 Å². The molecule has 0 saturated heterocycles. The Morgan fingerprint density at radius 3 is 2.72 bits per heavy atom. The monoisotopic (exact) mass is 450 g/mol. The van der Waals surface area contributed by atoms with Gasteiger partial charge in [0.1, 0.15) is 17.1 Å². The zero-order chi connectivity index (χ0) is 21.8. The van der Waals surface area contributed by atoms with E-state index in [0.29, 0.717) is 10.4 Å². The van der Waals surface area contributed by atoms with Crippen LogP contribution >= 0.6 is 11.6 Å². The van der Waals surface area contributed by atoms with Gasteiger partial charge in [-0.3, -0.25) is 9.69 Å². The highest BCUT2D eigenvalue weighted by Crippen LogP contribution is 2.26. The number of terminal acetylenes is 1. The van der Waals surface area contributed by atoms with Crippen LogP contribution < -0.4 is 9.63 Å². The Morgan fingerprint density at radius 2 is 2.14 bits per heavy atom. The van der Waals surface area contributed by atoms with E-state index in [0.717, 1.165) is 4.90 Å². The lowest BCUT2D eigenvalue weighted by Gasteiger charge is -2.19. The topological polar surface area (TPSA) is 99.2 Å². The molecule has 1 amide bonds. The van der Waals surface area contributed by atoms with Crippen molar-refractivity contribution in [3.8, 4) is 18.0 Å². The lowest BCUT2D eigenvalue weighted by atomic mass is 10.3. The van der Waals surface area contributed by atoms with Crippen LogP contribution in [0.4, 0.5) is 18.9 Å². The maximum Gasteiger partial charge on any atom is 0.402 e. The largest absolute Gasteiger partial charge is 0.619 e. The van der Waals surface area contributed by atoms with Crippen molar-refractivity contribution < 1.29 is 31.1 Å². The number of halogens is 4. The lowest BCUT2D eigenvalue weighted by Crippen LogP contribution is -2.34. The van der Waals surface area contributed by atoms with Gasteiger partial charge in [-0.2, -0.15) is 23.0 Å². The fourth-order valence-electron chi connectivity index (χ4n) is 2.33. The molecule has 156 valence electrons. The van der Waals surface area contributed by atoms with Gasteiger partial charge in [-0.1, -0.05) is 17.5 Å². The van der Waals surface area contributed by atoms with Crippen LogP contribution in [0, 0.1) is 17.6 Å². The third-order valence-corrected chi connectivity index (χ3v) is 5.39. The number of amides is 1. The first-order chi connectivity index (χ1) is 13.4. The molecule has 0 spiro atoms. The van der Waals surface area contributed by atoms with Crippen molar-refractivity contribution in [2.24, 2.45) is 0 Å². The molecule has 2 aromatic heterocycles. The van der Waals surface area contributed by atoms with Gasteiger partial charge in [-0.15, -0.1) is 6.42 Å². The van der Waals surface area contributed by atoms with E-state index in [1.807, 2.05) is 0 Å². The van der Waals surface area contributed by atoms with Crippen LogP contribution in [-0.2, 0) is 14.6 Å². The number of hydrogen-bond acceptors (Lipinski definition) is 5. The number of carbonyl (C=O) groups is 1. The van der Waals surface area contributed by atoms with Crippen LogP contribution in [0.5, 0.6) is 0 Å². The van der Waals surface area contributed by atoms with E-state index in [9.17, 15) is 31.6 Å². The molecular formula is C16H14ClF3N4O4S. The highest BCUT2D eigenvalue weighted by Gasteiger charge is 2.35. The predicted molar refractivity (Wildman–Crippen MR) is 98.0 cm³/mol. The smallest absolute Gasteiger partial charge is 0.402 e. The van der Waals surface area contributed by atoms with Crippen molar-refractivity contribution in [3.05, 3.63) is 41.1 Å². The van der Waals surface area contributed by atoms with Gasteiger partial charge in [0.05, 0.1) is 18.5 Å². The van der Waals surface area contributed by atoms with Crippen molar-refractivity contribution >= 4 is 33.0 Å². The average molecular weight is 451 g/mol. The summed E-state index contributed by atoms with van der Waals surface area (Å²) in [6.45, 7) is -0.320. The van der Waals surface area contributed by atoms with E-state index in [1.54, 1.807) is 6.07 Å². The maximum absolute atomic E-state index is 12.4. The summed E-state index contributed by atoms with van der Waals surface area (Å²) >= 11 is 6.04. The van der Waals surface area contributed by atoms with Crippen LogP contribution in [0.25, 0.3) is 5.69 Å². The number of carbonyl (C=O) groups excluding carboxylic acids is 1. The third kappa shape index (κ3) is 6.37. The zero-order valence-corrected chi connectivity index (χ0v) is 16.2. The summed E-state index contributed by atoms with van der Waals surface area (Å²) in [4.78, 5) is 13.4.